The quantitative estimate of drug-likeness (QED) is 0.636. The lowest BCUT2D eigenvalue weighted by Gasteiger charge is -2.23. The minimum Gasteiger partial charge on any atom is -0.463 e. The van der Waals surface area contributed by atoms with Crippen LogP contribution in [0.5, 0.6) is 0 Å². The van der Waals surface area contributed by atoms with Gasteiger partial charge in [-0.25, -0.2) is 4.79 Å². The zero-order chi connectivity index (χ0) is 13.0. The maximum absolute atomic E-state index is 11.1. The van der Waals surface area contributed by atoms with Gasteiger partial charge < -0.3 is 14.6 Å². The molecule has 1 heterocycles. The molecule has 2 rings (SSSR count). The first-order valence-corrected chi connectivity index (χ1v) is 6.08. The molecule has 0 aliphatic carbocycles. The van der Waals surface area contributed by atoms with E-state index in [4.69, 9.17) is 9.47 Å². The van der Waals surface area contributed by atoms with Gasteiger partial charge in [-0.1, -0.05) is 37.3 Å². The summed E-state index contributed by atoms with van der Waals surface area (Å²) in [5.41, 5.74) is 0.593. The van der Waals surface area contributed by atoms with Gasteiger partial charge in [0.2, 0.25) is 0 Å². The molecule has 0 amide bonds. The Bertz CT molecular complexity index is 404. The molecule has 1 fully saturated rings. The number of aliphatic hydroxyl groups excluding tert-OH is 1. The van der Waals surface area contributed by atoms with Crippen molar-refractivity contribution in [2.75, 3.05) is 13.2 Å². The lowest BCUT2D eigenvalue weighted by Crippen LogP contribution is -2.33. The molecule has 0 saturated carbocycles. The fourth-order valence-corrected chi connectivity index (χ4v) is 1.96. The van der Waals surface area contributed by atoms with Gasteiger partial charge in [-0.05, 0) is 12.0 Å². The van der Waals surface area contributed by atoms with Crippen molar-refractivity contribution in [2.45, 2.75) is 26.1 Å². The van der Waals surface area contributed by atoms with Gasteiger partial charge in [-0.3, -0.25) is 0 Å². The van der Waals surface area contributed by atoms with Crippen LogP contribution in [0.3, 0.4) is 0 Å². The molecule has 18 heavy (non-hydrogen) atoms. The summed E-state index contributed by atoms with van der Waals surface area (Å²) in [7, 11) is 0. The van der Waals surface area contributed by atoms with Gasteiger partial charge in [-0.15, -0.1) is 0 Å². The van der Waals surface area contributed by atoms with Crippen LogP contribution in [0.1, 0.15) is 18.9 Å². The number of hydrogen-bond acceptors (Lipinski definition) is 4. The van der Waals surface area contributed by atoms with E-state index in [1.165, 1.54) is 0 Å². The standard InChI is InChI=1S/C14H18O4/c1-14(10-18-13(16)12(14)15)7-8-17-9-11-5-3-2-4-6-11/h2-6,12,15H,7-10H2,1H3/t12-,14+/m1/s1. The molecule has 0 unspecified atom stereocenters. The molecule has 0 bridgehead atoms. The summed E-state index contributed by atoms with van der Waals surface area (Å²) in [6.45, 7) is 3.15. The average Bonchev–Trinajstić information content (AvgIpc) is 2.65. The molecule has 1 aliphatic rings. The van der Waals surface area contributed by atoms with E-state index in [2.05, 4.69) is 0 Å². The Balaban J connectivity index is 1.74. The van der Waals surface area contributed by atoms with Crippen molar-refractivity contribution in [2.24, 2.45) is 5.41 Å². The normalized spacial score (nSPS) is 27.2. The van der Waals surface area contributed by atoms with Crippen molar-refractivity contribution in [3.8, 4) is 0 Å². The molecular formula is C14H18O4. The molecular weight excluding hydrogens is 232 g/mol. The van der Waals surface area contributed by atoms with Crippen molar-refractivity contribution in [3.05, 3.63) is 35.9 Å². The molecule has 2 atom stereocenters. The number of carbonyl (C=O) groups is 1. The highest BCUT2D eigenvalue weighted by molar-refractivity contribution is 5.77. The third kappa shape index (κ3) is 2.89. The second kappa shape index (κ2) is 5.50. The summed E-state index contributed by atoms with van der Waals surface area (Å²) in [4.78, 5) is 11.1. The number of cyclic esters (lactones) is 1. The van der Waals surface area contributed by atoms with Crippen LogP contribution in [-0.2, 0) is 20.9 Å². The fraction of sp³-hybridized carbons (Fsp3) is 0.500. The van der Waals surface area contributed by atoms with Crippen LogP contribution in [0.15, 0.2) is 30.3 Å². The molecule has 1 aromatic carbocycles. The molecule has 1 aliphatic heterocycles. The van der Waals surface area contributed by atoms with Crippen LogP contribution in [0.25, 0.3) is 0 Å². The van der Waals surface area contributed by atoms with Crippen molar-refractivity contribution in [1.82, 2.24) is 0 Å². The van der Waals surface area contributed by atoms with Crippen molar-refractivity contribution < 1.29 is 19.4 Å². The number of benzene rings is 1. The van der Waals surface area contributed by atoms with Gasteiger partial charge in [0.15, 0.2) is 6.10 Å². The second-order valence-corrected chi connectivity index (χ2v) is 4.95. The van der Waals surface area contributed by atoms with E-state index >= 15 is 0 Å². The number of carbonyl (C=O) groups excluding carboxylic acids is 1. The minimum absolute atomic E-state index is 0.266. The SMILES string of the molecule is C[C@]1(CCOCc2ccccc2)COC(=O)[C@H]1O. The maximum atomic E-state index is 11.1. The third-order valence-electron chi connectivity index (χ3n) is 3.36. The van der Waals surface area contributed by atoms with Crippen molar-refractivity contribution in [1.29, 1.82) is 0 Å². The number of hydrogen-bond donors (Lipinski definition) is 1. The molecule has 1 saturated heterocycles. The predicted molar refractivity (Wildman–Crippen MR) is 65.8 cm³/mol. The largest absolute Gasteiger partial charge is 0.463 e. The Hall–Kier alpha value is -1.39. The fourth-order valence-electron chi connectivity index (χ4n) is 1.96. The molecule has 0 spiro atoms. The van der Waals surface area contributed by atoms with Gasteiger partial charge in [0.1, 0.15) is 0 Å². The summed E-state index contributed by atoms with van der Waals surface area (Å²) in [6, 6.07) is 9.89. The molecule has 98 valence electrons. The number of rotatable bonds is 5. The van der Waals surface area contributed by atoms with E-state index in [1.54, 1.807) is 0 Å². The Morgan fingerprint density at radius 1 is 1.44 bits per heavy atom. The van der Waals surface area contributed by atoms with Gasteiger partial charge >= 0.3 is 5.97 Å². The summed E-state index contributed by atoms with van der Waals surface area (Å²) in [5.74, 6) is -0.527. The molecule has 1 aromatic rings. The molecule has 4 heteroatoms. The first kappa shape index (κ1) is 13.1. The van der Waals surface area contributed by atoms with Gasteiger partial charge in [-0.2, -0.15) is 0 Å². The van der Waals surface area contributed by atoms with Gasteiger partial charge in [0.05, 0.1) is 13.2 Å². The van der Waals surface area contributed by atoms with Crippen LogP contribution in [0.4, 0.5) is 0 Å². The Morgan fingerprint density at radius 3 is 2.78 bits per heavy atom. The zero-order valence-electron chi connectivity index (χ0n) is 10.5. The van der Waals surface area contributed by atoms with Crippen LogP contribution in [-0.4, -0.2) is 30.4 Å². The first-order chi connectivity index (χ1) is 8.62. The van der Waals surface area contributed by atoms with E-state index in [9.17, 15) is 9.90 Å². The average molecular weight is 250 g/mol. The van der Waals surface area contributed by atoms with Crippen molar-refractivity contribution >= 4 is 5.97 Å². The molecule has 0 aromatic heterocycles. The molecule has 1 N–H and O–H groups in total. The van der Waals surface area contributed by atoms with Crippen LogP contribution in [0.2, 0.25) is 0 Å². The summed E-state index contributed by atoms with van der Waals surface area (Å²) >= 11 is 0. The number of esters is 1. The second-order valence-electron chi connectivity index (χ2n) is 4.95. The maximum Gasteiger partial charge on any atom is 0.335 e. The van der Waals surface area contributed by atoms with E-state index in [1.807, 2.05) is 37.3 Å². The Labute approximate surface area is 107 Å². The van der Waals surface area contributed by atoms with E-state index in [0.717, 1.165) is 5.56 Å². The van der Waals surface area contributed by atoms with Gasteiger partial charge in [0.25, 0.3) is 0 Å². The van der Waals surface area contributed by atoms with E-state index in [-0.39, 0.29) is 6.61 Å². The number of aliphatic hydroxyl groups is 1. The number of ether oxygens (including phenoxy) is 2. The smallest absolute Gasteiger partial charge is 0.335 e. The third-order valence-corrected chi connectivity index (χ3v) is 3.36. The van der Waals surface area contributed by atoms with E-state index in [0.29, 0.717) is 19.6 Å². The van der Waals surface area contributed by atoms with E-state index < -0.39 is 17.5 Å². The highest BCUT2D eigenvalue weighted by Gasteiger charge is 2.45. The Morgan fingerprint density at radius 2 is 2.17 bits per heavy atom. The Kier molecular flexibility index (Phi) is 3.99. The highest BCUT2D eigenvalue weighted by Crippen LogP contribution is 2.32. The lowest BCUT2D eigenvalue weighted by atomic mass is 9.84. The monoisotopic (exact) mass is 250 g/mol. The topological polar surface area (TPSA) is 55.8 Å². The van der Waals surface area contributed by atoms with Crippen molar-refractivity contribution in [3.63, 3.8) is 0 Å². The highest BCUT2D eigenvalue weighted by atomic mass is 16.6. The van der Waals surface area contributed by atoms with Crippen LogP contribution < -0.4 is 0 Å². The lowest BCUT2D eigenvalue weighted by molar-refractivity contribution is -0.145. The minimum atomic E-state index is -1.03. The molecule has 4 nitrogen and oxygen atoms in total. The summed E-state index contributed by atoms with van der Waals surface area (Å²) in [5, 5.41) is 9.70. The first-order valence-electron chi connectivity index (χ1n) is 6.08. The van der Waals surface area contributed by atoms with Crippen LogP contribution >= 0.6 is 0 Å². The van der Waals surface area contributed by atoms with Gasteiger partial charge in [0, 0.05) is 12.0 Å². The zero-order valence-corrected chi connectivity index (χ0v) is 10.5. The predicted octanol–water partition coefficient (Wildman–Crippen LogP) is 1.52. The van der Waals surface area contributed by atoms with Crippen LogP contribution in [0, 0.1) is 5.41 Å². The summed E-state index contributed by atoms with van der Waals surface area (Å²) < 4.78 is 10.4. The summed E-state index contributed by atoms with van der Waals surface area (Å²) in [6.07, 6.45) is -0.426. The molecule has 0 radical (unpaired) electrons.